The number of nitrogens with one attached hydrogen (secondary N) is 1. The molecule has 0 saturated heterocycles. The maximum atomic E-state index is 11.6. The second-order valence-corrected chi connectivity index (χ2v) is 3.68. The highest BCUT2D eigenvalue weighted by Gasteiger charge is 2.26. The van der Waals surface area contributed by atoms with E-state index in [2.05, 4.69) is 15.3 Å². The number of carbonyl (C=O) groups excluding carboxylic acids is 1. The van der Waals surface area contributed by atoms with Crippen molar-refractivity contribution in [1.82, 2.24) is 9.97 Å². The van der Waals surface area contributed by atoms with Crippen LogP contribution in [0.3, 0.4) is 0 Å². The van der Waals surface area contributed by atoms with E-state index in [1.807, 2.05) is 0 Å². The molecule has 0 aliphatic heterocycles. The van der Waals surface area contributed by atoms with E-state index in [0.29, 0.717) is 0 Å². The number of carboxylic acids is 1. The highest BCUT2D eigenvalue weighted by Crippen LogP contribution is 2.27. The Morgan fingerprint density at radius 3 is 2.56 bits per heavy atom. The van der Waals surface area contributed by atoms with Crippen LogP contribution in [0.1, 0.15) is 29.8 Å². The Bertz CT molecular complexity index is 429. The van der Waals surface area contributed by atoms with Crippen molar-refractivity contribution >= 4 is 17.7 Å². The van der Waals surface area contributed by atoms with Gasteiger partial charge < -0.3 is 10.4 Å². The molecule has 0 radical (unpaired) electrons. The molecule has 0 bridgehead atoms. The number of aromatic nitrogens is 2. The lowest BCUT2D eigenvalue weighted by Gasteiger charge is -2.23. The van der Waals surface area contributed by atoms with E-state index < -0.39 is 5.97 Å². The third kappa shape index (κ3) is 2.00. The van der Waals surface area contributed by atoms with Gasteiger partial charge >= 0.3 is 5.97 Å². The van der Waals surface area contributed by atoms with Crippen molar-refractivity contribution in [3.8, 4) is 0 Å². The highest BCUT2D eigenvalue weighted by atomic mass is 16.4. The first-order chi connectivity index (χ1) is 7.68. The van der Waals surface area contributed by atoms with Gasteiger partial charge in [-0.05, 0) is 12.8 Å². The van der Waals surface area contributed by atoms with Crippen molar-refractivity contribution in [2.24, 2.45) is 5.92 Å². The summed E-state index contributed by atoms with van der Waals surface area (Å²) in [5.74, 6) is -1.36. The Balaban J connectivity index is 2.13. The quantitative estimate of drug-likeness (QED) is 0.791. The number of hydrogen-bond donors (Lipinski definition) is 2. The zero-order valence-corrected chi connectivity index (χ0v) is 8.51. The number of hydrogen-bond acceptors (Lipinski definition) is 4. The Morgan fingerprint density at radius 1 is 1.31 bits per heavy atom. The molecule has 1 aliphatic carbocycles. The molecule has 2 N–H and O–H groups in total. The molecule has 0 unspecified atom stereocenters. The minimum absolute atomic E-state index is 0.0105. The van der Waals surface area contributed by atoms with Gasteiger partial charge in [0.05, 0.1) is 0 Å². The number of nitrogens with zero attached hydrogens (tertiary/aromatic N) is 2. The Hall–Kier alpha value is -1.98. The molecule has 1 heterocycles. The summed E-state index contributed by atoms with van der Waals surface area (Å²) in [6.45, 7) is 0. The van der Waals surface area contributed by atoms with Gasteiger partial charge in [0.15, 0.2) is 11.5 Å². The van der Waals surface area contributed by atoms with Gasteiger partial charge in [-0.1, -0.05) is 6.42 Å². The molecular formula is C10H11N3O3. The first-order valence-corrected chi connectivity index (χ1v) is 5.03. The predicted octanol–water partition coefficient (Wildman–Crippen LogP) is 0.913. The van der Waals surface area contributed by atoms with E-state index in [0.717, 1.165) is 19.3 Å². The van der Waals surface area contributed by atoms with Gasteiger partial charge in [0, 0.05) is 18.3 Å². The lowest BCUT2D eigenvalue weighted by atomic mass is 9.85. The fourth-order valence-electron chi connectivity index (χ4n) is 1.48. The number of carbonyl (C=O) groups is 2. The van der Waals surface area contributed by atoms with Crippen LogP contribution in [-0.2, 0) is 4.79 Å². The second-order valence-electron chi connectivity index (χ2n) is 3.68. The maximum absolute atomic E-state index is 11.6. The largest absolute Gasteiger partial charge is 0.476 e. The average Bonchev–Trinajstić information content (AvgIpc) is 2.15. The van der Waals surface area contributed by atoms with Gasteiger partial charge in [0.2, 0.25) is 5.91 Å². The first-order valence-electron chi connectivity index (χ1n) is 5.03. The normalized spacial score (nSPS) is 15.2. The molecule has 1 aliphatic rings. The second kappa shape index (κ2) is 4.26. The lowest BCUT2D eigenvalue weighted by molar-refractivity contribution is -0.122. The summed E-state index contributed by atoms with van der Waals surface area (Å²) in [5, 5.41) is 11.3. The SMILES string of the molecule is O=C(O)c1nccnc1NC(=O)C1CCC1. The number of carboxylic acid groups (broad SMARTS) is 1. The molecule has 6 heteroatoms. The molecule has 2 rings (SSSR count). The molecule has 1 amide bonds. The van der Waals surface area contributed by atoms with E-state index in [4.69, 9.17) is 5.11 Å². The minimum Gasteiger partial charge on any atom is -0.476 e. The summed E-state index contributed by atoms with van der Waals surface area (Å²) in [5.41, 5.74) is -0.227. The smallest absolute Gasteiger partial charge is 0.358 e. The number of anilines is 1. The average molecular weight is 221 g/mol. The van der Waals surface area contributed by atoms with Crippen LogP contribution in [0.5, 0.6) is 0 Å². The van der Waals surface area contributed by atoms with Gasteiger partial charge in [-0.2, -0.15) is 0 Å². The van der Waals surface area contributed by atoms with Crippen molar-refractivity contribution in [3.05, 3.63) is 18.1 Å². The molecule has 6 nitrogen and oxygen atoms in total. The highest BCUT2D eigenvalue weighted by molar-refractivity contribution is 5.98. The Labute approximate surface area is 91.7 Å². The summed E-state index contributed by atoms with van der Waals surface area (Å²) < 4.78 is 0. The maximum Gasteiger partial charge on any atom is 0.358 e. The van der Waals surface area contributed by atoms with Crippen LogP contribution in [0.25, 0.3) is 0 Å². The molecule has 16 heavy (non-hydrogen) atoms. The van der Waals surface area contributed by atoms with Gasteiger partial charge in [-0.25, -0.2) is 14.8 Å². The van der Waals surface area contributed by atoms with Gasteiger partial charge in [0.25, 0.3) is 0 Å². The zero-order valence-electron chi connectivity index (χ0n) is 8.51. The molecular weight excluding hydrogens is 210 g/mol. The van der Waals surface area contributed by atoms with Gasteiger partial charge in [-0.15, -0.1) is 0 Å². The van der Waals surface area contributed by atoms with Crippen molar-refractivity contribution in [2.75, 3.05) is 5.32 Å². The number of rotatable bonds is 3. The Kier molecular flexibility index (Phi) is 2.80. The number of amides is 1. The molecule has 0 spiro atoms. The van der Waals surface area contributed by atoms with Crippen LogP contribution >= 0.6 is 0 Å². The standard InChI is InChI=1S/C10H11N3O3/c14-9(6-2-1-3-6)13-8-7(10(15)16)11-4-5-12-8/h4-6H,1-3H2,(H,15,16)(H,12,13,14). The summed E-state index contributed by atoms with van der Waals surface area (Å²) in [6.07, 6.45) is 5.39. The van der Waals surface area contributed by atoms with E-state index in [9.17, 15) is 9.59 Å². The van der Waals surface area contributed by atoms with Crippen molar-refractivity contribution < 1.29 is 14.7 Å². The van der Waals surface area contributed by atoms with Crippen LogP contribution in [0.15, 0.2) is 12.4 Å². The predicted molar refractivity (Wildman–Crippen MR) is 55.0 cm³/mol. The van der Waals surface area contributed by atoms with Crippen LogP contribution in [-0.4, -0.2) is 27.0 Å². The third-order valence-electron chi connectivity index (χ3n) is 2.62. The van der Waals surface area contributed by atoms with Gasteiger partial charge in [0.1, 0.15) is 0 Å². The van der Waals surface area contributed by atoms with Crippen LogP contribution in [0.4, 0.5) is 5.82 Å². The lowest BCUT2D eigenvalue weighted by Crippen LogP contribution is -2.29. The van der Waals surface area contributed by atoms with Crippen LogP contribution in [0.2, 0.25) is 0 Å². The van der Waals surface area contributed by atoms with E-state index >= 15 is 0 Å². The molecule has 1 aromatic heterocycles. The zero-order chi connectivity index (χ0) is 11.5. The summed E-state index contributed by atoms with van der Waals surface area (Å²) >= 11 is 0. The molecule has 0 atom stereocenters. The Morgan fingerprint density at radius 2 is 2.00 bits per heavy atom. The van der Waals surface area contributed by atoms with Crippen molar-refractivity contribution in [1.29, 1.82) is 0 Å². The molecule has 1 fully saturated rings. The number of aromatic carboxylic acids is 1. The van der Waals surface area contributed by atoms with Crippen molar-refractivity contribution in [3.63, 3.8) is 0 Å². The first kappa shape index (κ1) is 10.5. The topological polar surface area (TPSA) is 92.2 Å². The summed E-state index contributed by atoms with van der Waals surface area (Å²) in [4.78, 5) is 29.9. The molecule has 1 saturated carbocycles. The monoisotopic (exact) mass is 221 g/mol. The van der Waals surface area contributed by atoms with Crippen LogP contribution in [0, 0.1) is 5.92 Å². The van der Waals surface area contributed by atoms with Gasteiger partial charge in [-0.3, -0.25) is 4.79 Å². The molecule has 84 valence electrons. The van der Waals surface area contributed by atoms with Crippen molar-refractivity contribution in [2.45, 2.75) is 19.3 Å². The summed E-state index contributed by atoms with van der Waals surface area (Å²) in [6, 6.07) is 0. The molecule has 1 aromatic rings. The molecule has 0 aromatic carbocycles. The summed E-state index contributed by atoms with van der Waals surface area (Å²) in [7, 11) is 0. The van der Waals surface area contributed by atoms with E-state index in [1.54, 1.807) is 0 Å². The fourth-order valence-corrected chi connectivity index (χ4v) is 1.48. The minimum atomic E-state index is -1.20. The third-order valence-corrected chi connectivity index (χ3v) is 2.62. The van der Waals surface area contributed by atoms with Crippen LogP contribution < -0.4 is 5.32 Å². The van der Waals surface area contributed by atoms with E-state index in [-0.39, 0.29) is 23.3 Å². The fraction of sp³-hybridized carbons (Fsp3) is 0.400. The van der Waals surface area contributed by atoms with E-state index in [1.165, 1.54) is 12.4 Å².